The zero-order chi connectivity index (χ0) is 20.9. The molecule has 0 radical (unpaired) electrons. The maximum atomic E-state index is 4.69. The molecule has 0 saturated carbocycles. The van der Waals surface area contributed by atoms with Crippen LogP contribution in [0.4, 0.5) is 0 Å². The van der Waals surface area contributed by atoms with E-state index in [2.05, 4.69) is 75.5 Å². The predicted molar refractivity (Wildman–Crippen MR) is 120 cm³/mol. The number of thiol groups is 1. The lowest BCUT2D eigenvalue weighted by Gasteiger charge is -2.13. The normalized spacial score (nSPS) is 11.0. The van der Waals surface area contributed by atoms with Crippen LogP contribution in [0.5, 0.6) is 0 Å². The Kier molecular flexibility index (Phi) is 6.18. The average Bonchev–Trinajstić information content (AvgIpc) is 3.30. The van der Waals surface area contributed by atoms with E-state index in [1.54, 1.807) is 0 Å². The standard InChI is InChI=1S/C23H24N6S/c1-3-4-9-21-20(23(30)25-15(2)24-21)14-16-10-12-17(13-11-16)18-7-5-6-8-19(18)22-26-28-29-27-22/h5-8,10-13H,3-4,9,14H2,1-2H3,(H,24,25,30)(H,26,27,28,29). The molecule has 0 aliphatic rings. The number of aryl methyl sites for hydroxylation is 2. The van der Waals surface area contributed by atoms with Gasteiger partial charge in [0.05, 0.1) is 0 Å². The van der Waals surface area contributed by atoms with Gasteiger partial charge in [0, 0.05) is 23.2 Å². The van der Waals surface area contributed by atoms with Crippen molar-refractivity contribution < 1.29 is 0 Å². The average molecular weight is 417 g/mol. The van der Waals surface area contributed by atoms with E-state index in [0.717, 1.165) is 64.5 Å². The molecule has 0 amide bonds. The van der Waals surface area contributed by atoms with E-state index in [-0.39, 0.29) is 0 Å². The molecule has 1 N–H and O–H groups in total. The van der Waals surface area contributed by atoms with Crippen molar-refractivity contribution in [2.24, 2.45) is 0 Å². The zero-order valence-electron chi connectivity index (χ0n) is 17.1. The first-order chi connectivity index (χ1) is 14.7. The largest absolute Gasteiger partial charge is 0.239 e. The minimum absolute atomic E-state index is 0.659. The number of hydrogen-bond acceptors (Lipinski definition) is 6. The van der Waals surface area contributed by atoms with Gasteiger partial charge < -0.3 is 0 Å². The lowest BCUT2D eigenvalue weighted by molar-refractivity contribution is 0.743. The lowest BCUT2D eigenvalue weighted by Crippen LogP contribution is -2.05. The van der Waals surface area contributed by atoms with Gasteiger partial charge in [0.1, 0.15) is 10.9 Å². The Bertz CT molecular complexity index is 1120. The predicted octanol–water partition coefficient (Wildman–Crippen LogP) is 4.85. The summed E-state index contributed by atoms with van der Waals surface area (Å²) in [6.45, 7) is 4.12. The van der Waals surface area contributed by atoms with Gasteiger partial charge in [0.2, 0.25) is 0 Å². The summed E-state index contributed by atoms with van der Waals surface area (Å²) in [7, 11) is 0. The van der Waals surface area contributed by atoms with E-state index in [9.17, 15) is 0 Å². The molecule has 6 nitrogen and oxygen atoms in total. The van der Waals surface area contributed by atoms with Crippen LogP contribution in [-0.2, 0) is 12.8 Å². The molecule has 0 aliphatic carbocycles. The summed E-state index contributed by atoms with van der Waals surface area (Å²) in [5.74, 6) is 1.44. The molecule has 152 valence electrons. The number of aromatic amines is 1. The summed E-state index contributed by atoms with van der Waals surface area (Å²) in [6.07, 6.45) is 3.98. The molecule has 30 heavy (non-hydrogen) atoms. The number of nitrogens with one attached hydrogen (secondary N) is 1. The third-order valence-electron chi connectivity index (χ3n) is 5.12. The summed E-state index contributed by atoms with van der Waals surface area (Å²) in [5, 5.41) is 15.1. The van der Waals surface area contributed by atoms with Crippen LogP contribution < -0.4 is 0 Å². The van der Waals surface area contributed by atoms with Crippen molar-refractivity contribution in [2.75, 3.05) is 0 Å². The van der Waals surface area contributed by atoms with E-state index < -0.39 is 0 Å². The van der Waals surface area contributed by atoms with E-state index in [0.29, 0.717) is 5.82 Å². The fourth-order valence-corrected chi connectivity index (χ4v) is 3.94. The van der Waals surface area contributed by atoms with Gasteiger partial charge in [0.15, 0.2) is 5.82 Å². The summed E-state index contributed by atoms with van der Waals surface area (Å²) in [5.41, 5.74) is 6.61. The number of H-pyrrole nitrogens is 1. The number of benzene rings is 2. The summed E-state index contributed by atoms with van der Waals surface area (Å²) in [4.78, 5) is 9.17. The minimum Gasteiger partial charge on any atom is -0.239 e. The highest BCUT2D eigenvalue weighted by Crippen LogP contribution is 2.30. The molecule has 0 atom stereocenters. The maximum absolute atomic E-state index is 4.69. The van der Waals surface area contributed by atoms with Crippen LogP contribution in [-0.4, -0.2) is 30.6 Å². The minimum atomic E-state index is 0.659. The Labute approximate surface area is 181 Å². The van der Waals surface area contributed by atoms with Crippen molar-refractivity contribution >= 4 is 12.6 Å². The molecule has 0 aliphatic heterocycles. The Morgan fingerprint density at radius 2 is 1.73 bits per heavy atom. The summed E-state index contributed by atoms with van der Waals surface area (Å²) in [6, 6.07) is 16.7. The topological polar surface area (TPSA) is 80.2 Å². The van der Waals surface area contributed by atoms with Gasteiger partial charge in [-0.15, -0.1) is 17.7 Å². The number of nitrogens with zero attached hydrogens (tertiary/aromatic N) is 5. The molecular weight excluding hydrogens is 392 g/mol. The highest BCUT2D eigenvalue weighted by Gasteiger charge is 2.13. The van der Waals surface area contributed by atoms with E-state index in [4.69, 9.17) is 4.98 Å². The lowest BCUT2D eigenvalue weighted by atomic mass is 9.96. The van der Waals surface area contributed by atoms with Crippen molar-refractivity contribution in [1.29, 1.82) is 0 Å². The van der Waals surface area contributed by atoms with Crippen LogP contribution >= 0.6 is 12.6 Å². The Morgan fingerprint density at radius 3 is 2.43 bits per heavy atom. The first-order valence-corrected chi connectivity index (χ1v) is 10.6. The van der Waals surface area contributed by atoms with Crippen LogP contribution in [0.2, 0.25) is 0 Å². The van der Waals surface area contributed by atoms with Crippen LogP contribution in [0.1, 0.15) is 42.4 Å². The fourth-order valence-electron chi connectivity index (χ4n) is 3.59. The van der Waals surface area contributed by atoms with Gasteiger partial charge in [-0.2, -0.15) is 0 Å². The molecule has 0 bridgehead atoms. The second kappa shape index (κ2) is 9.17. The molecule has 2 heterocycles. The van der Waals surface area contributed by atoms with Gasteiger partial charge in [-0.25, -0.2) is 15.1 Å². The first kappa shape index (κ1) is 20.2. The van der Waals surface area contributed by atoms with Crippen molar-refractivity contribution in [3.63, 3.8) is 0 Å². The van der Waals surface area contributed by atoms with E-state index in [1.165, 1.54) is 5.56 Å². The highest BCUT2D eigenvalue weighted by atomic mass is 32.1. The summed E-state index contributed by atoms with van der Waals surface area (Å²) >= 11 is 4.64. The number of rotatable bonds is 7. The Balaban J connectivity index is 1.62. The Hall–Kier alpha value is -3.06. The van der Waals surface area contributed by atoms with Crippen LogP contribution in [0, 0.1) is 6.92 Å². The molecular formula is C23H24N6S. The second-order valence-electron chi connectivity index (χ2n) is 7.29. The summed E-state index contributed by atoms with van der Waals surface area (Å²) < 4.78 is 0. The molecule has 0 saturated heterocycles. The van der Waals surface area contributed by atoms with Crippen LogP contribution in [0.25, 0.3) is 22.5 Å². The highest BCUT2D eigenvalue weighted by molar-refractivity contribution is 7.80. The molecule has 0 spiro atoms. The molecule has 7 heteroatoms. The number of tetrazole rings is 1. The van der Waals surface area contributed by atoms with Crippen LogP contribution in [0.15, 0.2) is 53.6 Å². The van der Waals surface area contributed by atoms with Crippen LogP contribution in [0.3, 0.4) is 0 Å². The number of unbranched alkanes of at least 4 members (excludes halogenated alkanes) is 1. The van der Waals surface area contributed by atoms with Crippen molar-refractivity contribution in [3.8, 4) is 22.5 Å². The third kappa shape index (κ3) is 4.41. The number of aromatic nitrogens is 6. The van der Waals surface area contributed by atoms with Crippen molar-refractivity contribution in [3.05, 3.63) is 71.2 Å². The van der Waals surface area contributed by atoms with Gasteiger partial charge in [-0.1, -0.05) is 61.9 Å². The Morgan fingerprint density at radius 1 is 0.967 bits per heavy atom. The molecule has 4 rings (SSSR count). The number of hydrogen-bond donors (Lipinski definition) is 2. The van der Waals surface area contributed by atoms with Gasteiger partial charge in [0.25, 0.3) is 0 Å². The first-order valence-electron chi connectivity index (χ1n) is 10.1. The second-order valence-corrected chi connectivity index (χ2v) is 7.72. The zero-order valence-corrected chi connectivity index (χ0v) is 18.0. The van der Waals surface area contributed by atoms with Gasteiger partial charge in [-0.3, -0.25) is 0 Å². The van der Waals surface area contributed by atoms with Crippen molar-refractivity contribution in [1.82, 2.24) is 30.6 Å². The van der Waals surface area contributed by atoms with E-state index >= 15 is 0 Å². The maximum Gasteiger partial charge on any atom is 0.180 e. The quantitative estimate of drug-likeness (QED) is 0.332. The fraction of sp³-hybridized carbons (Fsp3) is 0.261. The molecule has 4 aromatic rings. The van der Waals surface area contributed by atoms with Gasteiger partial charge >= 0.3 is 0 Å². The smallest absolute Gasteiger partial charge is 0.180 e. The third-order valence-corrected chi connectivity index (χ3v) is 5.49. The van der Waals surface area contributed by atoms with Gasteiger partial charge in [-0.05, 0) is 46.9 Å². The molecule has 0 fully saturated rings. The van der Waals surface area contributed by atoms with E-state index in [1.807, 2.05) is 25.1 Å². The monoisotopic (exact) mass is 416 g/mol. The molecule has 0 unspecified atom stereocenters. The molecule has 2 aromatic heterocycles. The SMILES string of the molecule is CCCCc1nc(C)nc(S)c1Cc1ccc(-c2ccccc2-c2nnn[nH]2)cc1. The molecule has 2 aromatic carbocycles. The van der Waals surface area contributed by atoms with Crippen molar-refractivity contribution in [2.45, 2.75) is 44.6 Å².